The van der Waals surface area contributed by atoms with Crippen molar-refractivity contribution >= 4 is 27.5 Å². The summed E-state index contributed by atoms with van der Waals surface area (Å²) in [6.07, 6.45) is -0.0696. The van der Waals surface area contributed by atoms with Gasteiger partial charge >= 0.3 is 0 Å². The lowest BCUT2D eigenvalue weighted by Gasteiger charge is -2.13. The fourth-order valence-electron chi connectivity index (χ4n) is 3.42. The number of aryl methyl sites for hydroxylation is 5. The Labute approximate surface area is 178 Å². The Kier molecular flexibility index (Phi) is 7.75. The van der Waals surface area contributed by atoms with Crippen LogP contribution in [0.4, 0.5) is 5.69 Å². The third-order valence-electron chi connectivity index (χ3n) is 4.71. The third-order valence-corrected chi connectivity index (χ3v) is 6.47. The van der Waals surface area contributed by atoms with Crippen LogP contribution in [-0.2, 0) is 19.6 Å². The normalized spacial score (nSPS) is 11.2. The molecule has 0 unspecified atom stereocenters. The second kappa shape index (κ2) is 9.86. The third kappa shape index (κ3) is 6.14. The molecular weight excluding hydrogens is 402 g/mol. The fraction of sp³-hybridized carbons (Fsp3) is 0.364. The van der Waals surface area contributed by atoms with Crippen LogP contribution < -0.4 is 15.4 Å². The minimum atomic E-state index is -3.72. The van der Waals surface area contributed by atoms with E-state index in [1.165, 1.54) is 0 Å². The molecule has 0 spiro atoms. The summed E-state index contributed by atoms with van der Waals surface area (Å²) < 4.78 is 27.6. The molecule has 0 fully saturated rings. The van der Waals surface area contributed by atoms with Crippen LogP contribution >= 0.6 is 0 Å². The molecule has 0 aliphatic rings. The van der Waals surface area contributed by atoms with E-state index in [0.717, 1.165) is 22.4 Å². The highest BCUT2D eigenvalue weighted by molar-refractivity contribution is 7.89. The van der Waals surface area contributed by atoms with Crippen molar-refractivity contribution in [1.82, 2.24) is 10.0 Å². The molecule has 0 aliphatic heterocycles. The van der Waals surface area contributed by atoms with Gasteiger partial charge in [0.15, 0.2) is 0 Å². The zero-order valence-electron chi connectivity index (χ0n) is 18.0. The molecule has 2 amide bonds. The average molecular weight is 432 g/mol. The van der Waals surface area contributed by atoms with Crippen LogP contribution in [0, 0.1) is 34.6 Å². The number of benzene rings is 2. The topological polar surface area (TPSA) is 104 Å². The van der Waals surface area contributed by atoms with Gasteiger partial charge in [0.05, 0.1) is 11.4 Å². The van der Waals surface area contributed by atoms with Crippen molar-refractivity contribution in [2.45, 2.75) is 45.9 Å². The number of hydrogen-bond donors (Lipinski definition) is 3. The highest BCUT2D eigenvalue weighted by Crippen LogP contribution is 2.21. The first-order chi connectivity index (χ1) is 14.0. The van der Waals surface area contributed by atoms with Crippen LogP contribution in [0.25, 0.3) is 0 Å². The summed E-state index contributed by atoms with van der Waals surface area (Å²) in [5, 5.41) is 5.30. The second-order valence-electron chi connectivity index (χ2n) is 7.47. The van der Waals surface area contributed by atoms with Gasteiger partial charge in [0, 0.05) is 18.7 Å². The molecule has 30 heavy (non-hydrogen) atoms. The van der Waals surface area contributed by atoms with Crippen LogP contribution in [0.15, 0.2) is 35.2 Å². The predicted octanol–water partition coefficient (Wildman–Crippen LogP) is 2.65. The maximum absolute atomic E-state index is 12.6. The Bertz CT molecular complexity index is 1020. The molecule has 162 valence electrons. The number of carbonyl (C=O) groups is 2. The number of nitrogens with one attached hydrogen (secondary N) is 3. The molecule has 0 atom stereocenters. The van der Waals surface area contributed by atoms with Crippen LogP contribution in [0.5, 0.6) is 0 Å². The van der Waals surface area contributed by atoms with Crippen molar-refractivity contribution in [3.05, 3.63) is 58.1 Å². The standard InChI is InChI=1S/C22H29N3O4S/c1-14-11-17(4)22(18(5)12-14)30(28,29)24-10-9-19(26)23-13-20(27)25-21-15(2)7-6-8-16(21)3/h6-8,11-12,24H,9-10,13H2,1-5H3,(H,23,26)(H,25,27). The fourth-order valence-corrected chi connectivity index (χ4v) is 4.90. The van der Waals surface area contributed by atoms with E-state index in [4.69, 9.17) is 0 Å². The molecule has 7 nitrogen and oxygen atoms in total. The Morgan fingerprint density at radius 1 is 0.867 bits per heavy atom. The molecule has 0 aliphatic carbocycles. The molecular formula is C22H29N3O4S. The van der Waals surface area contributed by atoms with E-state index in [2.05, 4.69) is 15.4 Å². The summed E-state index contributed by atoms with van der Waals surface area (Å²) in [6, 6.07) is 9.31. The van der Waals surface area contributed by atoms with Crippen molar-refractivity contribution < 1.29 is 18.0 Å². The zero-order valence-corrected chi connectivity index (χ0v) is 18.9. The Morgan fingerprint density at radius 2 is 1.43 bits per heavy atom. The van der Waals surface area contributed by atoms with Gasteiger partial charge in [0.25, 0.3) is 0 Å². The van der Waals surface area contributed by atoms with Gasteiger partial charge in [-0.25, -0.2) is 13.1 Å². The molecule has 0 aromatic heterocycles. The van der Waals surface area contributed by atoms with E-state index in [9.17, 15) is 18.0 Å². The number of para-hydroxylation sites is 1. The highest BCUT2D eigenvalue weighted by atomic mass is 32.2. The summed E-state index contributed by atoms with van der Waals surface area (Å²) in [5.41, 5.74) is 4.91. The van der Waals surface area contributed by atoms with Gasteiger partial charge in [0.1, 0.15) is 0 Å². The summed E-state index contributed by atoms with van der Waals surface area (Å²) in [7, 11) is -3.72. The maximum atomic E-state index is 12.6. The summed E-state index contributed by atoms with van der Waals surface area (Å²) in [5.74, 6) is -0.751. The van der Waals surface area contributed by atoms with E-state index in [0.29, 0.717) is 11.1 Å². The lowest BCUT2D eigenvalue weighted by Crippen LogP contribution is -2.35. The number of carbonyl (C=O) groups excluding carboxylic acids is 2. The first-order valence-corrected chi connectivity index (χ1v) is 11.2. The van der Waals surface area contributed by atoms with E-state index in [-0.39, 0.29) is 30.3 Å². The molecule has 0 saturated heterocycles. The number of hydrogen-bond acceptors (Lipinski definition) is 4. The predicted molar refractivity (Wildman–Crippen MR) is 118 cm³/mol. The minimum absolute atomic E-state index is 0.0561. The molecule has 0 heterocycles. The van der Waals surface area contributed by atoms with Gasteiger partial charge < -0.3 is 10.6 Å². The van der Waals surface area contributed by atoms with Crippen LogP contribution in [0.2, 0.25) is 0 Å². The zero-order chi connectivity index (χ0) is 22.5. The molecule has 2 aromatic rings. The van der Waals surface area contributed by atoms with Gasteiger partial charge in [0.2, 0.25) is 21.8 Å². The quantitative estimate of drug-likeness (QED) is 0.598. The van der Waals surface area contributed by atoms with E-state index in [1.54, 1.807) is 13.8 Å². The van der Waals surface area contributed by atoms with Gasteiger partial charge in [-0.2, -0.15) is 0 Å². The monoisotopic (exact) mass is 431 g/mol. The first-order valence-electron chi connectivity index (χ1n) is 9.71. The van der Waals surface area contributed by atoms with Crippen LogP contribution in [0.3, 0.4) is 0 Å². The van der Waals surface area contributed by atoms with Gasteiger partial charge in [-0.15, -0.1) is 0 Å². The summed E-state index contributed by atoms with van der Waals surface area (Å²) >= 11 is 0. The molecule has 3 N–H and O–H groups in total. The van der Waals surface area contributed by atoms with Crippen molar-refractivity contribution in [2.24, 2.45) is 0 Å². The van der Waals surface area contributed by atoms with E-state index >= 15 is 0 Å². The molecule has 0 radical (unpaired) electrons. The van der Waals surface area contributed by atoms with Gasteiger partial charge in [-0.05, 0) is 56.9 Å². The van der Waals surface area contributed by atoms with Crippen molar-refractivity contribution in [1.29, 1.82) is 0 Å². The maximum Gasteiger partial charge on any atom is 0.243 e. The van der Waals surface area contributed by atoms with Crippen LogP contribution in [0.1, 0.15) is 34.2 Å². The van der Waals surface area contributed by atoms with Crippen molar-refractivity contribution in [2.75, 3.05) is 18.4 Å². The summed E-state index contributed by atoms with van der Waals surface area (Å²) in [4.78, 5) is 24.4. The second-order valence-corrected chi connectivity index (χ2v) is 9.17. The van der Waals surface area contributed by atoms with E-state index < -0.39 is 15.9 Å². The van der Waals surface area contributed by atoms with Crippen molar-refractivity contribution in [3.63, 3.8) is 0 Å². The van der Waals surface area contributed by atoms with Gasteiger partial charge in [-0.1, -0.05) is 35.9 Å². The number of rotatable bonds is 8. The van der Waals surface area contributed by atoms with E-state index in [1.807, 2.05) is 51.1 Å². The number of amides is 2. The largest absolute Gasteiger partial charge is 0.347 e. The Morgan fingerprint density at radius 3 is 2.00 bits per heavy atom. The highest BCUT2D eigenvalue weighted by Gasteiger charge is 2.20. The molecule has 0 bridgehead atoms. The minimum Gasteiger partial charge on any atom is -0.347 e. The lowest BCUT2D eigenvalue weighted by molar-refractivity contribution is -0.124. The molecule has 0 saturated carbocycles. The molecule has 2 aromatic carbocycles. The smallest absolute Gasteiger partial charge is 0.243 e. The van der Waals surface area contributed by atoms with Crippen molar-refractivity contribution in [3.8, 4) is 0 Å². The number of sulfonamides is 1. The summed E-state index contributed by atoms with van der Waals surface area (Å²) in [6.45, 7) is 8.95. The SMILES string of the molecule is Cc1cc(C)c(S(=O)(=O)NCCC(=O)NCC(=O)Nc2c(C)cccc2C)c(C)c1. The average Bonchev–Trinajstić information content (AvgIpc) is 2.62. The Balaban J connectivity index is 1.84. The van der Waals surface area contributed by atoms with Crippen LogP contribution in [-0.4, -0.2) is 33.3 Å². The first kappa shape index (κ1) is 23.6. The number of anilines is 1. The Hall–Kier alpha value is -2.71. The van der Waals surface area contributed by atoms with Gasteiger partial charge in [-0.3, -0.25) is 9.59 Å². The molecule has 2 rings (SSSR count). The lowest BCUT2D eigenvalue weighted by atomic mass is 10.1. The molecule has 8 heteroatoms.